The van der Waals surface area contributed by atoms with Crippen LogP contribution >= 0.6 is 11.8 Å². The molecule has 0 saturated carbocycles. The van der Waals surface area contributed by atoms with E-state index in [4.69, 9.17) is 10.7 Å². The van der Waals surface area contributed by atoms with Crippen LogP contribution in [0.2, 0.25) is 0 Å². The van der Waals surface area contributed by atoms with Gasteiger partial charge in [-0.3, -0.25) is 4.99 Å². The van der Waals surface area contributed by atoms with Crippen molar-refractivity contribution in [3.8, 4) is 0 Å². The van der Waals surface area contributed by atoms with Crippen molar-refractivity contribution in [2.24, 2.45) is 22.6 Å². The van der Waals surface area contributed by atoms with Crippen molar-refractivity contribution < 1.29 is 4.58 Å². The summed E-state index contributed by atoms with van der Waals surface area (Å²) in [4.78, 5) is 6.16. The number of rotatable bonds is 15. The molecule has 218 valence electrons. The highest BCUT2D eigenvalue weighted by Gasteiger charge is 2.36. The van der Waals surface area contributed by atoms with Crippen molar-refractivity contribution in [1.82, 2.24) is 0 Å². The van der Waals surface area contributed by atoms with Gasteiger partial charge < -0.3 is 5.73 Å². The topological polar surface area (TPSA) is 41.4 Å². The third-order valence-electron chi connectivity index (χ3n) is 8.90. The van der Waals surface area contributed by atoms with Gasteiger partial charge >= 0.3 is 0 Å². The van der Waals surface area contributed by atoms with E-state index in [1.165, 1.54) is 54.6 Å². The Bertz CT molecular complexity index is 1200. The molecule has 0 saturated heterocycles. The smallest absolute Gasteiger partial charge is 0.164 e. The molecule has 2 heterocycles. The number of aliphatic imine (C=N–C) groups is 1. The largest absolute Gasteiger partial charge is 0.330 e. The summed E-state index contributed by atoms with van der Waals surface area (Å²) >= 11 is 1.97. The summed E-state index contributed by atoms with van der Waals surface area (Å²) in [5.41, 5.74) is 10.8. The van der Waals surface area contributed by atoms with Gasteiger partial charge in [0.1, 0.15) is 12.8 Å². The van der Waals surface area contributed by atoms with Gasteiger partial charge in [-0.05, 0) is 85.5 Å². The van der Waals surface area contributed by atoms with Gasteiger partial charge in [-0.1, -0.05) is 74.2 Å². The van der Waals surface area contributed by atoms with Crippen LogP contribution < -0.4 is 5.73 Å². The van der Waals surface area contributed by atoms with Crippen molar-refractivity contribution in [3.05, 3.63) is 107 Å². The molecule has 3 nitrogen and oxygen atoms in total. The fourth-order valence-corrected chi connectivity index (χ4v) is 7.72. The predicted molar refractivity (Wildman–Crippen MR) is 181 cm³/mol. The lowest BCUT2D eigenvalue weighted by Crippen LogP contribution is -2.31. The standard InChI is InChI=1S/C37H50N3S/c1-5-13-28(2)29(3)36(37(39-4)33-20-24-40(25-21-33)23-12-7-6-11-22-38)35-26-34(27-41-35)32-18-16-31(17-19-32)30-14-9-8-10-15-30/h5,9,13-14,16-20,24-26,30,33-34,36-37H,1,3-4,6-8,10-12,15,21-23,27,38H2,2H3/q+1/b28-13-. The van der Waals surface area contributed by atoms with E-state index in [0.717, 1.165) is 42.8 Å². The monoisotopic (exact) mass is 568 g/mol. The quantitative estimate of drug-likeness (QED) is 0.0756. The molecule has 5 unspecified atom stereocenters. The molecule has 1 aromatic carbocycles. The zero-order chi connectivity index (χ0) is 29.0. The van der Waals surface area contributed by atoms with Gasteiger partial charge in [0.2, 0.25) is 0 Å². The molecule has 0 amide bonds. The molecule has 4 heteroatoms. The molecule has 1 aliphatic carbocycles. The van der Waals surface area contributed by atoms with Crippen LogP contribution in [-0.4, -0.2) is 42.4 Å². The first-order valence-electron chi connectivity index (χ1n) is 15.6. The Hall–Kier alpha value is -2.69. The lowest BCUT2D eigenvalue weighted by molar-refractivity contribution is -0.456. The Labute approximate surface area is 253 Å². The lowest BCUT2D eigenvalue weighted by Gasteiger charge is -2.31. The molecule has 41 heavy (non-hydrogen) atoms. The number of hydrogen-bond donors (Lipinski definition) is 1. The van der Waals surface area contributed by atoms with E-state index >= 15 is 0 Å². The zero-order valence-corrected chi connectivity index (χ0v) is 25.9. The van der Waals surface area contributed by atoms with Crippen molar-refractivity contribution in [2.45, 2.75) is 76.2 Å². The second-order valence-electron chi connectivity index (χ2n) is 11.7. The Morgan fingerprint density at radius 1 is 1.12 bits per heavy atom. The van der Waals surface area contributed by atoms with E-state index in [-0.39, 0.29) is 12.0 Å². The number of hydrogen-bond acceptors (Lipinski definition) is 3. The van der Waals surface area contributed by atoms with Crippen LogP contribution in [0.4, 0.5) is 0 Å². The van der Waals surface area contributed by atoms with Crippen molar-refractivity contribution >= 4 is 24.7 Å². The maximum Gasteiger partial charge on any atom is 0.164 e. The Balaban J connectivity index is 1.50. The number of nitrogens with two attached hydrogens (primary N) is 1. The molecule has 0 fully saturated rings. The van der Waals surface area contributed by atoms with Crippen LogP contribution in [0.5, 0.6) is 0 Å². The Kier molecular flexibility index (Phi) is 12.3. The van der Waals surface area contributed by atoms with Crippen LogP contribution in [0.1, 0.15) is 81.3 Å². The molecule has 5 atom stereocenters. The third kappa shape index (κ3) is 8.42. The SMILES string of the molecule is C=C/C=C(/C)C(=C)C(C1=CC(c2ccc(C3C=CCCC3)cc2)CS1)C(N=C)C1C=C[N+](CCCCCCN)=CC1. The number of benzene rings is 1. The van der Waals surface area contributed by atoms with Crippen LogP contribution in [0.15, 0.2) is 101 Å². The average Bonchev–Trinajstić information content (AvgIpc) is 3.50. The van der Waals surface area contributed by atoms with Crippen molar-refractivity contribution in [1.29, 1.82) is 0 Å². The van der Waals surface area contributed by atoms with E-state index < -0.39 is 0 Å². The molecular formula is C37H50N3S+. The first-order chi connectivity index (χ1) is 20.0. The molecule has 2 aliphatic heterocycles. The molecule has 3 aliphatic rings. The summed E-state index contributed by atoms with van der Waals surface area (Å²) in [6.45, 7) is 16.6. The summed E-state index contributed by atoms with van der Waals surface area (Å²) < 4.78 is 2.35. The van der Waals surface area contributed by atoms with E-state index in [2.05, 4.69) is 98.4 Å². The summed E-state index contributed by atoms with van der Waals surface area (Å²) in [7, 11) is 0. The second kappa shape index (κ2) is 16.1. The first kappa shape index (κ1) is 31.3. The fraction of sp³-hybridized carbons (Fsp3) is 0.459. The highest BCUT2D eigenvalue weighted by atomic mass is 32.2. The van der Waals surface area contributed by atoms with Crippen LogP contribution in [0.25, 0.3) is 0 Å². The minimum Gasteiger partial charge on any atom is -0.330 e. The summed E-state index contributed by atoms with van der Waals surface area (Å²) in [6.07, 6.45) is 27.6. The first-order valence-corrected chi connectivity index (χ1v) is 16.6. The molecule has 0 radical (unpaired) electrons. The van der Waals surface area contributed by atoms with Crippen molar-refractivity contribution in [2.75, 3.05) is 18.8 Å². The normalized spacial score (nSPS) is 24.0. The van der Waals surface area contributed by atoms with Crippen LogP contribution in [-0.2, 0) is 0 Å². The van der Waals surface area contributed by atoms with Gasteiger partial charge in [-0.15, -0.1) is 11.8 Å². The maximum atomic E-state index is 5.64. The molecule has 2 N–H and O–H groups in total. The summed E-state index contributed by atoms with van der Waals surface area (Å²) in [5, 5.41) is 0. The minimum absolute atomic E-state index is 0.0350. The number of nitrogens with zero attached hydrogens (tertiary/aromatic N) is 2. The Morgan fingerprint density at radius 3 is 2.51 bits per heavy atom. The summed E-state index contributed by atoms with van der Waals surface area (Å²) in [6, 6.07) is 9.43. The Morgan fingerprint density at radius 2 is 1.88 bits per heavy atom. The van der Waals surface area contributed by atoms with Gasteiger partial charge in [0, 0.05) is 42.3 Å². The highest BCUT2D eigenvalue weighted by Crippen LogP contribution is 2.46. The molecule has 0 spiro atoms. The van der Waals surface area contributed by atoms with Gasteiger partial charge in [0.05, 0.1) is 6.04 Å². The van der Waals surface area contributed by atoms with E-state index in [9.17, 15) is 0 Å². The maximum absolute atomic E-state index is 5.64. The number of thioether (sulfide) groups is 1. The molecule has 1 aromatic rings. The molecule has 0 aromatic heterocycles. The summed E-state index contributed by atoms with van der Waals surface area (Å²) in [5.74, 6) is 2.43. The fourth-order valence-electron chi connectivity index (χ4n) is 6.34. The average molecular weight is 569 g/mol. The van der Waals surface area contributed by atoms with Crippen molar-refractivity contribution in [3.63, 3.8) is 0 Å². The van der Waals surface area contributed by atoms with Crippen LogP contribution in [0, 0.1) is 11.8 Å². The van der Waals surface area contributed by atoms with Gasteiger partial charge in [-0.25, -0.2) is 4.58 Å². The van der Waals surface area contributed by atoms with Crippen LogP contribution in [0.3, 0.4) is 0 Å². The van der Waals surface area contributed by atoms with Gasteiger partial charge in [0.15, 0.2) is 6.20 Å². The minimum atomic E-state index is 0.0350. The van der Waals surface area contributed by atoms with E-state index in [0.29, 0.717) is 17.8 Å². The highest BCUT2D eigenvalue weighted by molar-refractivity contribution is 8.03. The molecular weight excluding hydrogens is 518 g/mol. The number of unbranched alkanes of at least 4 members (excludes halogenated alkanes) is 3. The number of allylic oxidation sites excluding steroid dienone is 6. The zero-order valence-electron chi connectivity index (χ0n) is 25.1. The van der Waals surface area contributed by atoms with E-state index in [1.807, 2.05) is 17.8 Å². The molecule has 4 rings (SSSR count). The lowest BCUT2D eigenvalue weighted by atomic mass is 9.79. The predicted octanol–water partition coefficient (Wildman–Crippen LogP) is 8.73. The van der Waals surface area contributed by atoms with Gasteiger partial charge in [0.25, 0.3) is 0 Å². The third-order valence-corrected chi connectivity index (χ3v) is 10.1. The van der Waals surface area contributed by atoms with Gasteiger partial charge in [-0.2, -0.15) is 0 Å². The van der Waals surface area contributed by atoms with E-state index in [1.54, 1.807) is 0 Å². The second-order valence-corrected chi connectivity index (χ2v) is 12.8. The molecule has 0 bridgehead atoms.